The summed E-state index contributed by atoms with van der Waals surface area (Å²) in [5, 5.41) is 6.16. The Morgan fingerprint density at radius 2 is 2.31 bits per heavy atom. The molecule has 0 aliphatic carbocycles. The maximum atomic E-state index is 5.50. The van der Waals surface area contributed by atoms with Crippen molar-refractivity contribution in [2.45, 2.75) is 12.8 Å². The second-order valence-electron chi connectivity index (χ2n) is 3.55. The maximum Gasteiger partial charge on any atom is 0.187 e. The molecule has 1 aromatic carbocycles. The number of thiazole rings is 1. The molecule has 0 fully saturated rings. The zero-order valence-electron chi connectivity index (χ0n) is 9.02. The van der Waals surface area contributed by atoms with Crippen LogP contribution in [0.5, 0.6) is 0 Å². The first-order valence-electron chi connectivity index (χ1n) is 5.34. The molecule has 0 radical (unpaired) electrons. The third-order valence-corrected chi connectivity index (χ3v) is 2.97. The lowest BCUT2D eigenvalue weighted by atomic mass is 10.1. The Morgan fingerprint density at radius 1 is 1.38 bits per heavy atom. The fourth-order valence-electron chi connectivity index (χ4n) is 1.52. The minimum absolute atomic E-state index is 0.740. The van der Waals surface area contributed by atoms with Crippen molar-refractivity contribution in [3.05, 3.63) is 41.4 Å². The van der Waals surface area contributed by atoms with Crippen molar-refractivity contribution in [3.63, 3.8) is 0 Å². The van der Waals surface area contributed by atoms with Crippen molar-refractivity contribution in [3.8, 4) is 0 Å². The molecule has 0 amide bonds. The smallest absolute Gasteiger partial charge is 0.187 e. The van der Waals surface area contributed by atoms with Crippen LogP contribution in [0.3, 0.4) is 0 Å². The number of hydrogen-bond acceptors (Lipinski definition) is 4. The Morgan fingerprint density at radius 3 is 3.06 bits per heavy atom. The van der Waals surface area contributed by atoms with Crippen LogP contribution in [-0.2, 0) is 6.42 Å². The van der Waals surface area contributed by atoms with Crippen LogP contribution in [0.1, 0.15) is 12.0 Å². The first-order chi connectivity index (χ1) is 7.88. The molecule has 0 unspecified atom stereocenters. The molecule has 1 heterocycles. The summed E-state index contributed by atoms with van der Waals surface area (Å²) in [4.78, 5) is 4.19. The fraction of sp³-hybridized carbons (Fsp3) is 0.250. The van der Waals surface area contributed by atoms with Crippen LogP contribution in [0, 0.1) is 0 Å². The summed E-state index contributed by atoms with van der Waals surface area (Å²) in [7, 11) is 0. The van der Waals surface area contributed by atoms with Gasteiger partial charge in [0.1, 0.15) is 0 Å². The number of benzene rings is 1. The Labute approximate surface area is 99.3 Å². The van der Waals surface area contributed by atoms with E-state index in [2.05, 4.69) is 28.5 Å². The molecule has 0 spiro atoms. The van der Waals surface area contributed by atoms with E-state index in [-0.39, 0.29) is 0 Å². The highest BCUT2D eigenvalue weighted by Crippen LogP contribution is 2.19. The molecule has 0 aliphatic heterocycles. The molecule has 4 heteroatoms. The zero-order valence-corrected chi connectivity index (χ0v) is 9.83. The molecule has 1 aromatic heterocycles. The number of nitrogens with one attached hydrogen (secondary N) is 1. The van der Waals surface area contributed by atoms with E-state index < -0.39 is 0 Å². The van der Waals surface area contributed by atoms with Gasteiger partial charge in [-0.3, -0.25) is 0 Å². The highest BCUT2D eigenvalue weighted by atomic mass is 32.1. The van der Waals surface area contributed by atoms with Gasteiger partial charge < -0.3 is 11.1 Å². The van der Waals surface area contributed by atoms with Gasteiger partial charge >= 0.3 is 0 Å². The van der Waals surface area contributed by atoms with Crippen LogP contribution >= 0.6 is 11.3 Å². The molecule has 2 rings (SSSR count). The Bertz CT molecular complexity index is 426. The largest absolute Gasteiger partial charge is 0.332 e. The lowest BCUT2D eigenvalue weighted by Crippen LogP contribution is -2.00. The third kappa shape index (κ3) is 3.05. The lowest BCUT2D eigenvalue weighted by Gasteiger charge is -2.05. The molecule has 3 N–H and O–H groups in total. The molecule has 0 saturated heterocycles. The van der Waals surface area contributed by atoms with Gasteiger partial charge in [-0.05, 0) is 37.1 Å². The summed E-state index contributed by atoms with van der Waals surface area (Å²) in [5.74, 6) is 0. The van der Waals surface area contributed by atoms with E-state index >= 15 is 0 Å². The van der Waals surface area contributed by atoms with Gasteiger partial charge in [0.2, 0.25) is 0 Å². The zero-order chi connectivity index (χ0) is 11.2. The van der Waals surface area contributed by atoms with E-state index in [1.165, 1.54) is 5.56 Å². The van der Waals surface area contributed by atoms with Gasteiger partial charge in [-0.15, -0.1) is 11.3 Å². The molecule has 2 aromatic rings. The number of aryl methyl sites for hydroxylation is 1. The molecule has 3 nitrogen and oxygen atoms in total. The van der Waals surface area contributed by atoms with Gasteiger partial charge in [0, 0.05) is 17.3 Å². The monoisotopic (exact) mass is 233 g/mol. The highest BCUT2D eigenvalue weighted by Gasteiger charge is 1.98. The number of aromatic nitrogens is 1. The Balaban J connectivity index is 2.04. The summed E-state index contributed by atoms with van der Waals surface area (Å²) >= 11 is 1.60. The first-order valence-corrected chi connectivity index (χ1v) is 6.22. The second-order valence-corrected chi connectivity index (χ2v) is 4.45. The average molecular weight is 233 g/mol. The van der Waals surface area contributed by atoms with Gasteiger partial charge in [-0.2, -0.15) is 0 Å². The summed E-state index contributed by atoms with van der Waals surface area (Å²) < 4.78 is 0. The topological polar surface area (TPSA) is 50.9 Å². The number of rotatable bonds is 5. The molecular weight excluding hydrogens is 218 g/mol. The highest BCUT2D eigenvalue weighted by molar-refractivity contribution is 7.13. The number of nitrogens with two attached hydrogens (primary N) is 1. The fourth-order valence-corrected chi connectivity index (χ4v) is 2.07. The van der Waals surface area contributed by atoms with Gasteiger partial charge in [0.15, 0.2) is 5.13 Å². The van der Waals surface area contributed by atoms with Crippen LogP contribution in [0.4, 0.5) is 10.8 Å². The minimum Gasteiger partial charge on any atom is -0.332 e. The van der Waals surface area contributed by atoms with Crippen molar-refractivity contribution in [1.82, 2.24) is 4.98 Å². The van der Waals surface area contributed by atoms with E-state index in [4.69, 9.17) is 5.73 Å². The van der Waals surface area contributed by atoms with Crippen LogP contribution < -0.4 is 11.1 Å². The standard InChI is InChI=1S/C12H15N3S/c13-6-2-4-10-3-1-5-11(9-10)15-12-14-7-8-16-12/h1,3,5,7-9H,2,4,6,13H2,(H,14,15). The average Bonchev–Trinajstić information content (AvgIpc) is 2.80. The molecule has 0 bridgehead atoms. The minimum atomic E-state index is 0.740. The van der Waals surface area contributed by atoms with E-state index in [0.29, 0.717) is 0 Å². The number of anilines is 2. The van der Waals surface area contributed by atoms with Gasteiger partial charge in [-0.1, -0.05) is 12.1 Å². The summed E-state index contributed by atoms with van der Waals surface area (Å²) in [6.45, 7) is 0.740. The molecule has 0 atom stereocenters. The quantitative estimate of drug-likeness (QED) is 0.835. The SMILES string of the molecule is NCCCc1cccc(Nc2nccs2)c1. The number of nitrogens with zero attached hydrogens (tertiary/aromatic N) is 1. The first kappa shape index (κ1) is 11.1. The van der Waals surface area contributed by atoms with E-state index in [9.17, 15) is 0 Å². The molecule has 0 aliphatic rings. The summed E-state index contributed by atoms with van der Waals surface area (Å²) in [5.41, 5.74) is 7.90. The van der Waals surface area contributed by atoms with E-state index in [0.717, 1.165) is 30.2 Å². The van der Waals surface area contributed by atoms with Crippen molar-refractivity contribution in [2.24, 2.45) is 5.73 Å². The van der Waals surface area contributed by atoms with E-state index in [1.54, 1.807) is 17.5 Å². The van der Waals surface area contributed by atoms with Crippen LogP contribution in [-0.4, -0.2) is 11.5 Å². The predicted molar refractivity (Wildman–Crippen MR) is 69.2 cm³/mol. The molecule has 16 heavy (non-hydrogen) atoms. The van der Waals surface area contributed by atoms with Gasteiger partial charge in [0.05, 0.1) is 0 Å². The summed E-state index contributed by atoms with van der Waals surface area (Å²) in [6, 6.07) is 8.38. The van der Waals surface area contributed by atoms with Crippen LogP contribution in [0.25, 0.3) is 0 Å². The van der Waals surface area contributed by atoms with Crippen molar-refractivity contribution in [1.29, 1.82) is 0 Å². The Hall–Kier alpha value is -1.39. The lowest BCUT2D eigenvalue weighted by molar-refractivity contribution is 0.833. The second kappa shape index (κ2) is 5.63. The third-order valence-electron chi connectivity index (χ3n) is 2.28. The van der Waals surface area contributed by atoms with Crippen LogP contribution in [0.2, 0.25) is 0 Å². The van der Waals surface area contributed by atoms with Crippen LogP contribution in [0.15, 0.2) is 35.8 Å². The van der Waals surface area contributed by atoms with Crippen molar-refractivity contribution in [2.75, 3.05) is 11.9 Å². The van der Waals surface area contributed by atoms with E-state index in [1.807, 2.05) is 11.4 Å². The molecular formula is C12H15N3S. The summed E-state index contributed by atoms with van der Waals surface area (Å²) in [6.07, 6.45) is 3.86. The van der Waals surface area contributed by atoms with Gasteiger partial charge in [0.25, 0.3) is 0 Å². The molecule has 84 valence electrons. The normalized spacial score (nSPS) is 10.3. The number of hydrogen-bond donors (Lipinski definition) is 2. The predicted octanol–water partition coefficient (Wildman–Crippen LogP) is 2.78. The maximum absolute atomic E-state index is 5.50. The van der Waals surface area contributed by atoms with Gasteiger partial charge in [-0.25, -0.2) is 4.98 Å². The van der Waals surface area contributed by atoms with Crippen molar-refractivity contribution < 1.29 is 0 Å². The van der Waals surface area contributed by atoms with Crippen molar-refractivity contribution >= 4 is 22.2 Å². The molecule has 0 saturated carbocycles. The Kier molecular flexibility index (Phi) is 3.91.